The molecule has 0 unspecified atom stereocenters. The normalized spacial score (nSPS) is 11.1. The van der Waals surface area contributed by atoms with Crippen molar-refractivity contribution in [1.29, 1.82) is 0 Å². The van der Waals surface area contributed by atoms with Crippen molar-refractivity contribution >= 4 is 10.9 Å². The number of hydrogen-bond acceptors (Lipinski definition) is 1. The summed E-state index contributed by atoms with van der Waals surface area (Å²) in [4.78, 5) is 3.05. The fourth-order valence-electron chi connectivity index (χ4n) is 1.95. The number of H-pyrrole nitrogens is 1. The summed E-state index contributed by atoms with van der Waals surface area (Å²) in [5.41, 5.74) is 2.67. The number of hydrogen-bond donors (Lipinski definition) is 2. The van der Waals surface area contributed by atoms with E-state index in [2.05, 4.69) is 4.98 Å². The fraction of sp³-hybridized carbons (Fsp3) is 0.333. The van der Waals surface area contributed by atoms with Crippen LogP contribution in [0.3, 0.4) is 0 Å². The standard InChI is InChI=1S/C12H14FNO/c1-8-9(5-3-7-15)10-4-2-6-11(13)12(10)14-8/h2,4,6,14-15H,3,5,7H2,1H3. The SMILES string of the molecule is Cc1[nH]c2c(F)cccc2c1CCCO. The first-order chi connectivity index (χ1) is 7.24. The predicted octanol–water partition coefficient (Wildman–Crippen LogP) is 2.54. The molecular weight excluding hydrogens is 193 g/mol. The maximum atomic E-state index is 13.4. The van der Waals surface area contributed by atoms with Crippen molar-refractivity contribution in [2.24, 2.45) is 0 Å². The molecule has 0 saturated carbocycles. The van der Waals surface area contributed by atoms with Gasteiger partial charge in [-0.3, -0.25) is 0 Å². The van der Waals surface area contributed by atoms with E-state index in [1.54, 1.807) is 6.07 Å². The van der Waals surface area contributed by atoms with Crippen LogP contribution in [0, 0.1) is 12.7 Å². The Morgan fingerprint density at radius 1 is 1.40 bits per heavy atom. The number of benzene rings is 1. The van der Waals surface area contributed by atoms with Gasteiger partial charge in [-0.15, -0.1) is 0 Å². The molecule has 0 spiro atoms. The Balaban J connectivity index is 2.53. The molecule has 2 N–H and O–H groups in total. The van der Waals surface area contributed by atoms with Gasteiger partial charge in [-0.1, -0.05) is 12.1 Å². The van der Waals surface area contributed by atoms with Crippen LogP contribution in [0.25, 0.3) is 10.9 Å². The molecule has 2 rings (SSSR count). The van der Waals surface area contributed by atoms with Gasteiger partial charge < -0.3 is 10.1 Å². The number of fused-ring (bicyclic) bond motifs is 1. The molecule has 1 aromatic carbocycles. The molecule has 0 amide bonds. The largest absolute Gasteiger partial charge is 0.396 e. The lowest BCUT2D eigenvalue weighted by Gasteiger charge is -1.99. The topological polar surface area (TPSA) is 36.0 Å². The molecule has 15 heavy (non-hydrogen) atoms. The first-order valence-electron chi connectivity index (χ1n) is 5.10. The maximum Gasteiger partial charge on any atom is 0.147 e. The third-order valence-electron chi connectivity index (χ3n) is 2.69. The molecule has 0 radical (unpaired) electrons. The number of halogens is 1. The summed E-state index contributed by atoms with van der Waals surface area (Å²) in [6, 6.07) is 5.08. The predicted molar refractivity (Wildman–Crippen MR) is 58.4 cm³/mol. The van der Waals surface area contributed by atoms with E-state index in [1.165, 1.54) is 6.07 Å². The summed E-state index contributed by atoms with van der Waals surface area (Å²) in [7, 11) is 0. The second kappa shape index (κ2) is 4.03. The van der Waals surface area contributed by atoms with E-state index in [-0.39, 0.29) is 12.4 Å². The Morgan fingerprint density at radius 3 is 2.93 bits per heavy atom. The maximum absolute atomic E-state index is 13.4. The van der Waals surface area contributed by atoms with E-state index >= 15 is 0 Å². The van der Waals surface area contributed by atoms with Gasteiger partial charge in [0.1, 0.15) is 5.82 Å². The van der Waals surface area contributed by atoms with E-state index < -0.39 is 0 Å². The van der Waals surface area contributed by atoms with Crippen LogP contribution in [0.2, 0.25) is 0 Å². The van der Waals surface area contributed by atoms with Crippen LogP contribution in [-0.4, -0.2) is 16.7 Å². The summed E-state index contributed by atoms with van der Waals surface area (Å²) in [6.45, 7) is 2.10. The van der Waals surface area contributed by atoms with Crippen molar-refractivity contribution in [3.05, 3.63) is 35.3 Å². The van der Waals surface area contributed by atoms with Crippen LogP contribution >= 0.6 is 0 Å². The first-order valence-corrected chi connectivity index (χ1v) is 5.10. The van der Waals surface area contributed by atoms with Crippen LogP contribution in [-0.2, 0) is 6.42 Å². The molecule has 0 saturated heterocycles. The molecular formula is C12H14FNO. The zero-order valence-corrected chi connectivity index (χ0v) is 8.68. The van der Waals surface area contributed by atoms with E-state index in [1.807, 2.05) is 13.0 Å². The van der Waals surface area contributed by atoms with Gasteiger partial charge in [0, 0.05) is 17.7 Å². The molecule has 2 aromatic rings. The van der Waals surface area contributed by atoms with E-state index in [0.717, 1.165) is 23.1 Å². The molecule has 2 nitrogen and oxygen atoms in total. The monoisotopic (exact) mass is 207 g/mol. The van der Waals surface area contributed by atoms with Crippen LogP contribution in [0.5, 0.6) is 0 Å². The van der Waals surface area contributed by atoms with E-state index in [9.17, 15) is 4.39 Å². The number of aliphatic hydroxyl groups is 1. The highest BCUT2D eigenvalue weighted by atomic mass is 19.1. The third-order valence-corrected chi connectivity index (χ3v) is 2.69. The highest BCUT2D eigenvalue weighted by Gasteiger charge is 2.10. The number of aliphatic hydroxyl groups excluding tert-OH is 1. The second-order valence-electron chi connectivity index (χ2n) is 3.72. The summed E-state index contributed by atoms with van der Waals surface area (Å²) < 4.78 is 13.4. The minimum Gasteiger partial charge on any atom is -0.396 e. The average molecular weight is 207 g/mol. The molecule has 0 bridgehead atoms. The molecule has 0 fully saturated rings. The van der Waals surface area contributed by atoms with Gasteiger partial charge in [0.2, 0.25) is 0 Å². The number of aryl methyl sites for hydroxylation is 2. The Bertz CT molecular complexity index is 476. The van der Waals surface area contributed by atoms with Gasteiger partial charge in [0.15, 0.2) is 0 Å². The van der Waals surface area contributed by atoms with Crippen molar-refractivity contribution in [3.63, 3.8) is 0 Å². The summed E-state index contributed by atoms with van der Waals surface area (Å²) in [5.74, 6) is -0.217. The van der Waals surface area contributed by atoms with Crippen LogP contribution in [0.1, 0.15) is 17.7 Å². The van der Waals surface area contributed by atoms with E-state index in [0.29, 0.717) is 11.9 Å². The van der Waals surface area contributed by atoms with Crippen molar-refractivity contribution in [3.8, 4) is 0 Å². The molecule has 0 aliphatic rings. The highest BCUT2D eigenvalue weighted by molar-refractivity contribution is 5.85. The molecule has 0 atom stereocenters. The highest BCUT2D eigenvalue weighted by Crippen LogP contribution is 2.25. The zero-order valence-electron chi connectivity index (χ0n) is 8.68. The lowest BCUT2D eigenvalue weighted by atomic mass is 10.1. The number of para-hydroxylation sites is 1. The van der Waals surface area contributed by atoms with Crippen molar-refractivity contribution < 1.29 is 9.50 Å². The summed E-state index contributed by atoms with van der Waals surface area (Å²) in [5, 5.41) is 9.73. The van der Waals surface area contributed by atoms with E-state index in [4.69, 9.17) is 5.11 Å². The van der Waals surface area contributed by atoms with Crippen LogP contribution in [0.4, 0.5) is 4.39 Å². The van der Waals surface area contributed by atoms with Gasteiger partial charge in [-0.25, -0.2) is 4.39 Å². The molecule has 0 aliphatic carbocycles. The average Bonchev–Trinajstić information content (AvgIpc) is 2.54. The lowest BCUT2D eigenvalue weighted by molar-refractivity contribution is 0.288. The molecule has 1 aromatic heterocycles. The molecule has 0 aliphatic heterocycles. The number of rotatable bonds is 3. The van der Waals surface area contributed by atoms with Gasteiger partial charge in [0.05, 0.1) is 5.52 Å². The quantitative estimate of drug-likeness (QED) is 0.797. The van der Waals surface area contributed by atoms with Crippen LogP contribution in [0.15, 0.2) is 18.2 Å². The van der Waals surface area contributed by atoms with Gasteiger partial charge in [-0.05, 0) is 31.4 Å². The number of aromatic nitrogens is 1. The minimum atomic E-state index is -0.217. The van der Waals surface area contributed by atoms with Crippen molar-refractivity contribution in [1.82, 2.24) is 4.98 Å². The minimum absolute atomic E-state index is 0.168. The fourth-order valence-corrected chi connectivity index (χ4v) is 1.95. The first kappa shape index (κ1) is 10.2. The Morgan fingerprint density at radius 2 is 2.20 bits per heavy atom. The van der Waals surface area contributed by atoms with Gasteiger partial charge in [-0.2, -0.15) is 0 Å². The second-order valence-corrected chi connectivity index (χ2v) is 3.72. The third kappa shape index (κ3) is 1.75. The molecule has 3 heteroatoms. The van der Waals surface area contributed by atoms with Crippen molar-refractivity contribution in [2.75, 3.05) is 6.61 Å². The Hall–Kier alpha value is -1.35. The number of nitrogens with one attached hydrogen (secondary N) is 1. The smallest absolute Gasteiger partial charge is 0.147 e. The number of aromatic amines is 1. The van der Waals surface area contributed by atoms with Crippen molar-refractivity contribution in [2.45, 2.75) is 19.8 Å². The van der Waals surface area contributed by atoms with Gasteiger partial charge >= 0.3 is 0 Å². The summed E-state index contributed by atoms with van der Waals surface area (Å²) >= 11 is 0. The zero-order chi connectivity index (χ0) is 10.8. The Labute approximate surface area is 87.7 Å². The summed E-state index contributed by atoms with van der Waals surface area (Å²) in [6.07, 6.45) is 1.50. The molecule has 80 valence electrons. The van der Waals surface area contributed by atoms with Crippen LogP contribution < -0.4 is 0 Å². The Kier molecular flexibility index (Phi) is 2.73. The lowest BCUT2D eigenvalue weighted by Crippen LogP contribution is -1.90. The van der Waals surface area contributed by atoms with Gasteiger partial charge in [0.25, 0.3) is 0 Å². The molecule has 1 heterocycles.